The highest BCUT2D eigenvalue weighted by atomic mass is 79.9. The van der Waals surface area contributed by atoms with Crippen molar-refractivity contribution in [3.05, 3.63) is 34.4 Å². The van der Waals surface area contributed by atoms with Crippen LogP contribution < -0.4 is 5.32 Å². The average molecular weight is 336 g/mol. The molecule has 6 heteroatoms. The Balaban J connectivity index is 1.84. The molecule has 0 spiro atoms. The van der Waals surface area contributed by atoms with Crippen molar-refractivity contribution in [1.82, 2.24) is 9.80 Å². The van der Waals surface area contributed by atoms with Gasteiger partial charge in [-0.3, -0.25) is 9.59 Å². The maximum Gasteiger partial charge on any atom is 0.257 e. The molecule has 2 heterocycles. The number of rotatable bonds is 2. The van der Waals surface area contributed by atoms with Crippen LogP contribution in [-0.2, 0) is 9.59 Å². The van der Waals surface area contributed by atoms with Crippen molar-refractivity contribution in [1.29, 1.82) is 0 Å². The summed E-state index contributed by atoms with van der Waals surface area (Å²) in [6.45, 7) is 2.89. The normalized spacial score (nSPS) is 20.1. The van der Waals surface area contributed by atoms with Crippen LogP contribution in [0.2, 0.25) is 0 Å². The van der Waals surface area contributed by atoms with Gasteiger partial charge in [0.05, 0.1) is 5.57 Å². The SMILES string of the molecule is O=CN1CCN(/C=C2/C(=O)Nc3ccc(Br)cc32)CC1. The van der Waals surface area contributed by atoms with Gasteiger partial charge in [-0.1, -0.05) is 15.9 Å². The van der Waals surface area contributed by atoms with Gasteiger partial charge in [-0.15, -0.1) is 0 Å². The molecule has 0 aliphatic carbocycles. The first kappa shape index (κ1) is 13.2. The number of fused-ring (bicyclic) bond motifs is 1. The number of hydrogen-bond donors (Lipinski definition) is 1. The fraction of sp³-hybridized carbons (Fsp3) is 0.286. The maximum atomic E-state index is 12.0. The van der Waals surface area contributed by atoms with E-state index in [2.05, 4.69) is 26.1 Å². The van der Waals surface area contributed by atoms with Gasteiger partial charge in [-0.05, 0) is 18.2 Å². The molecule has 1 saturated heterocycles. The second-order valence-electron chi connectivity index (χ2n) is 4.86. The molecule has 0 unspecified atom stereocenters. The minimum Gasteiger partial charge on any atom is -0.373 e. The molecular formula is C14H14BrN3O2. The van der Waals surface area contributed by atoms with Crippen molar-refractivity contribution >= 4 is 39.5 Å². The van der Waals surface area contributed by atoms with Crippen molar-refractivity contribution in [3.63, 3.8) is 0 Å². The van der Waals surface area contributed by atoms with Crippen LogP contribution in [0.4, 0.5) is 5.69 Å². The van der Waals surface area contributed by atoms with Crippen molar-refractivity contribution in [3.8, 4) is 0 Å². The third-order valence-corrected chi connectivity index (χ3v) is 4.07. The van der Waals surface area contributed by atoms with E-state index in [4.69, 9.17) is 0 Å². The first-order valence-electron chi connectivity index (χ1n) is 6.44. The van der Waals surface area contributed by atoms with Crippen LogP contribution in [-0.4, -0.2) is 48.3 Å². The fourth-order valence-corrected chi connectivity index (χ4v) is 2.80. The Morgan fingerprint density at radius 1 is 1.15 bits per heavy atom. The Hall–Kier alpha value is -1.82. The molecule has 104 valence electrons. The molecule has 2 aliphatic rings. The second kappa shape index (κ2) is 5.28. The molecule has 0 saturated carbocycles. The minimum absolute atomic E-state index is 0.0732. The third kappa shape index (κ3) is 2.43. The molecule has 0 atom stereocenters. The van der Waals surface area contributed by atoms with Crippen LogP contribution in [0.3, 0.4) is 0 Å². The topological polar surface area (TPSA) is 52.7 Å². The minimum atomic E-state index is -0.0732. The Kier molecular flexibility index (Phi) is 3.48. The zero-order chi connectivity index (χ0) is 14.1. The van der Waals surface area contributed by atoms with Crippen LogP contribution in [0.5, 0.6) is 0 Å². The third-order valence-electron chi connectivity index (χ3n) is 3.57. The van der Waals surface area contributed by atoms with E-state index in [0.717, 1.165) is 35.2 Å². The summed E-state index contributed by atoms with van der Waals surface area (Å²) in [5.74, 6) is -0.0732. The lowest BCUT2D eigenvalue weighted by molar-refractivity contribution is -0.119. The Labute approximate surface area is 125 Å². The van der Waals surface area contributed by atoms with Gasteiger partial charge >= 0.3 is 0 Å². The van der Waals surface area contributed by atoms with E-state index in [9.17, 15) is 9.59 Å². The smallest absolute Gasteiger partial charge is 0.257 e. The number of amides is 2. The van der Waals surface area contributed by atoms with Gasteiger partial charge in [0.25, 0.3) is 5.91 Å². The molecule has 2 amide bonds. The zero-order valence-electron chi connectivity index (χ0n) is 10.8. The number of anilines is 1. The molecule has 5 nitrogen and oxygen atoms in total. The summed E-state index contributed by atoms with van der Waals surface area (Å²) >= 11 is 3.43. The van der Waals surface area contributed by atoms with Crippen molar-refractivity contribution < 1.29 is 9.59 Å². The number of halogens is 1. The molecule has 1 aromatic carbocycles. The Morgan fingerprint density at radius 2 is 1.85 bits per heavy atom. The van der Waals surface area contributed by atoms with E-state index < -0.39 is 0 Å². The molecule has 0 aromatic heterocycles. The van der Waals surface area contributed by atoms with Crippen LogP contribution >= 0.6 is 15.9 Å². The average Bonchev–Trinajstić information content (AvgIpc) is 2.76. The highest BCUT2D eigenvalue weighted by Crippen LogP contribution is 2.34. The second-order valence-corrected chi connectivity index (χ2v) is 5.78. The number of nitrogens with one attached hydrogen (secondary N) is 1. The number of nitrogens with zero attached hydrogens (tertiary/aromatic N) is 2. The van der Waals surface area contributed by atoms with E-state index in [1.165, 1.54) is 0 Å². The summed E-state index contributed by atoms with van der Waals surface area (Å²) in [6.07, 6.45) is 2.77. The quantitative estimate of drug-likeness (QED) is 0.658. The lowest BCUT2D eigenvalue weighted by atomic mass is 10.1. The molecule has 1 aromatic rings. The lowest BCUT2D eigenvalue weighted by Crippen LogP contribution is -2.43. The standard InChI is InChI=1S/C14H14BrN3O2/c15-10-1-2-13-11(7-10)12(14(20)16-13)8-17-3-5-18(9-19)6-4-17/h1-2,7-9H,3-6H2,(H,16,20)/b12-8+. The largest absolute Gasteiger partial charge is 0.373 e. The first-order chi connectivity index (χ1) is 9.67. The highest BCUT2D eigenvalue weighted by molar-refractivity contribution is 9.10. The monoisotopic (exact) mass is 335 g/mol. The summed E-state index contributed by atoms with van der Waals surface area (Å²) in [6, 6.07) is 5.74. The summed E-state index contributed by atoms with van der Waals surface area (Å²) < 4.78 is 0.949. The van der Waals surface area contributed by atoms with E-state index in [0.29, 0.717) is 18.7 Å². The zero-order valence-corrected chi connectivity index (χ0v) is 12.4. The van der Waals surface area contributed by atoms with Gasteiger partial charge in [0.2, 0.25) is 6.41 Å². The Bertz CT molecular complexity index is 592. The molecule has 0 bridgehead atoms. The van der Waals surface area contributed by atoms with Crippen molar-refractivity contribution in [2.45, 2.75) is 0 Å². The number of carbonyl (C=O) groups excluding carboxylic acids is 2. The highest BCUT2D eigenvalue weighted by Gasteiger charge is 2.25. The van der Waals surface area contributed by atoms with Crippen LogP contribution in [0.15, 0.2) is 28.9 Å². The van der Waals surface area contributed by atoms with Crippen LogP contribution in [0, 0.1) is 0 Å². The van der Waals surface area contributed by atoms with Gasteiger partial charge in [0, 0.05) is 48.1 Å². The fourth-order valence-electron chi connectivity index (χ4n) is 2.44. The van der Waals surface area contributed by atoms with E-state index in [1.807, 2.05) is 24.4 Å². The molecule has 1 N–H and O–H groups in total. The molecule has 3 rings (SSSR count). The summed E-state index contributed by atoms with van der Waals surface area (Å²) in [5.41, 5.74) is 2.44. The van der Waals surface area contributed by atoms with Gasteiger partial charge in [-0.2, -0.15) is 0 Å². The molecule has 20 heavy (non-hydrogen) atoms. The summed E-state index contributed by atoms with van der Waals surface area (Å²) in [4.78, 5) is 26.6. The Morgan fingerprint density at radius 3 is 2.55 bits per heavy atom. The molecule has 0 radical (unpaired) electrons. The summed E-state index contributed by atoms with van der Waals surface area (Å²) in [7, 11) is 0. The van der Waals surface area contributed by atoms with Crippen LogP contribution in [0.1, 0.15) is 5.56 Å². The predicted molar refractivity (Wildman–Crippen MR) is 80.0 cm³/mol. The van der Waals surface area contributed by atoms with E-state index >= 15 is 0 Å². The lowest BCUT2D eigenvalue weighted by Gasteiger charge is -2.31. The number of hydrogen-bond acceptors (Lipinski definition) is 3. The van der Waals surface area contributed by atoms with E-state index in [1.54, 1.807) is 4.90 Å². The van der Waals surface area contributed by atoms with Gasteiger partial charge in [-0.25, -0.2) is 0 Å². The number of carbonyl (C=O) groups is 2. The first-order valence-corrected chi connectivity index (χ1v) is 7.23. The van der Waals surface area contributed by atoms with Crippen molar-refractivity contribution in [2.75, 3.05) is 31.5 Å². The van der Waals surface area contributed by atoms with Gasteiger partial charge in [0.1, 0.15) is 0 Å². The number of piperazine rings is 1. The molecular weight excluding hydrogens is 322 g/mol. The predicted octanol–water partition coefficient (Wildman–Crippen LogP) is 1.52. The van der Waals surface area contributed by atoms with Crippen molar-refractivity contribution in [2.24, 2.45) is 0 Å². The maximum absolute atomic E-state index is 12.0. The van der Waals surface area contributed by atoms with Crippen LogP contribution in [0.25, 0.3) is 5.57 Å². The summed E-state index contributed by atoms with van der Waals surface area (Å²) in [5, 5.41) is 2.86. The van der Waals surface area contributed by atoms with E-state index in [-0.39, 0.29) is 5.91 Å². The number of benzene rings is 1. The van der Waals surface area contributed by atoms with Gasteiger partial charge in [0.15, 0.2) is 0 Å². The van der Waals surface area contributed by atoms with Gasteiger partial charge < -0.3 is 15.1 Å². The molecule has 1 fully saturated rings. The molecule has 2 aliphatic heterocycles.